The molecule has 41 heavy (non-hydrogen) atoms. The number of carbonyl (C=O) groups is 5. The number of aryl methyl sites for hydroxylation is 1. The van der Waals surface area contributed by atoms with Gasteiger partial charge in [-0.15, -0.1) is 0 Å². The van der Waals surface area contributed by atoms with Crippen molar-refractivity contribution in [3.05, 3.63) is 52.9 Å². The van der Waals surface area contributed by atoms with Gasteiger partial charge in [0.2, 0.25) is 23.6 Å². The number of nitrogens with zero attached hydrogens (tertiary/aromatic N) is 3. The van der Waals surface area contributed by atoms with E-state index in [1.807, 2.05) is 30.3 Å². The minimum absolute atomic E-state index is 0.00338. The molecule has 13 nitrogen and oxygen atoms in total. The molecule has 0 aliphatic carbocycles. The Morgan fingerprint density at radius 2 is 1.85 bits per heavy atom. The molecule has 2 bridgehead atoms. The van der Waals surface area contributed by atoms with Crippen LogP contribution in [-0.2, 0) is 41.6 Å². The summed E-state index contributed by atoms with van der Waals surface area (Å²) in [6, 6.07) is 8.77. The van der Waals surface area contributed by atoms with Crippen LogP contribution in [0.4, 0.5) is 0 Å². The van der Waals surface area contributed by atoms with Gasteiger partial charge in [-0.1, -0.05) is 47.1 Å². The highest BCUT2D eigenvalue weighted by atomic mass is 35.5. The third-order valence-electron chi connectivity index (χ3n) is 6.86. The highest BCUT2D eigenvalue weighted by Gasteiger charge is 2.37. The maximum absolute atomic E-state index is 13.5. The third kappa shape index (κ3) is 8.27. The first-order chi connectivity index (χ1) is 19.6. The Hall–Kier alpha value is -3.97. The van der Waals surface area contributed by atoms with Crippen molar-refractivity contribution < 1.29 is 33.2 Å². The van der Waals surface area contributed by atoms with Crippen LogP contribution in [-0.4, -0.2) is 102 Å². The molecule has 220 valence electrons. The molecule has 2 aliphatic rings. The van der Waals surface area contributed by atoms with E-state index >= 15 is 0 Å². The van der Waals surface area contributed by atoms with E-state index in [1.165, 1.54) is 29.8 Å². The highest BCUT2D eigenvalue weighted by molar-refractivity contribution is 6.29. The van der Waals surface area contributed by atoms with Crippen molar-refractivity contribution in [3.63, 3.8) is 0 Å². The van der Waals surface area contributed by atoms with Crippen molar-refractivity contribution in [2.75, 3.05) is 33.2 Å². The Morgan fingerprint density at radius 3 is 2.56 bits per heavy atom. The average molecular weight is 589 g/mol. The molecule has 2 fully saturated rings. The minimum atomic E-state index is -1.10. The number of halogens is 1. The van der Waals surface area contributed by atoms with Gasteiger partial charge < -0.3 is 35.0 Å². The van der Waals surface area contributed by atoms with Gasteiger partial charge in [0.15, 0.2) is 11.3 Å². The molecule has 0 saturated carbocycles. The summed E-state index contributed by atoms with van der Waals surface area (Å²) in [6.07, 6.45) is -1.32. The summed E-state index contributed by atoms with van der Waals surface area (Å²) in [4.78, 5) is 68.0. The zero-order valence-electron chi connectivity index (χ0n) is 22.8. The van der Waals surface area contributed by atoms with Gasteiger partial charge in [-0.25, -0.2) is 0 Å². The van der Waals surface area contributed by atoms with Crippen molar-refractivity contribution in [1.29, 1.82) is 0 Å². The van der Waals surface area contributed by atoms with Gasteiger partial charge in [-0.3, -0.25) is 24.0 Å². The second-order valence-corrected chi connectivity index (χ2v) is 10.5. The number of amides is 5. The summed E-state index contributed by atoms with van der Waals surface area (Å²) in [5, 5.41) is 11.9. The molecule has 2 aromatic rings. The molecule has 1 aromatic heterocycles. The van der Waals surface area contributed by atoms with E-state index in [9.17, 15) is 24.0 Å². The fraction of sp³-hybridized carbons (Fsp3) is 0.481. The minimum Gasteiger partial charge on any atom is -0.360 e. The fourth-order valence-corrected chi connectivity index (χ4v) is 4.84. The Labute approximate surface area is 241 Å². The van der Waals surface area contributed by atoms with Crippen LogP contribution in [0.5, 0.6) is 0 Å². The standard InChI is InChI=1S/C27H33ClN6O7/c1-16-25(37)29-12-19-13-34(24(36)9-8-18-11-22(28)32-41-18)14-21(40-19)26(38)31-20(10-17-6-4-3-5-7-17)27(39)33(2)15-23(35)30-16/h3-7,11,16,19-21H,8-10,12-15H2,1-2H3,(H,29,37)(H,30,35)(H,31,38)/t16-,19+,20-,21-/m1/s1. The van der Waals surface area contributed by atoms with E-state index in [4.69, 9.17) is 20.9 Å². The summed E-state index contributed by atoms with van der Waals surface area (Å²) in [6.45, 7) is 1.28. The molecule has 2 aliphatic heterocycles. The number of likely N-dealkylation sites (N-methyl/N-ethyl adjacent to an activating group) is 1. The largest absolute Gasteiger partial charge is 0.360 e. The van der Waals surface area contributed by atoms with Crippen LogP contribution in [0.15, 0.2) is 40.9 Å². The molecular weight excluding hydrogens is 556 g/mol. The van der Waals surface area contributed by atoms with Crippen molar-refractivity contribution in [2.24, 2.45) is 0 Å². The number of aromatic nitrogens is 1. The lowest BCUT2D eigenvalue weighted by molar-refractivity contribution is -0.157. The van der Waals surface area contributed by atoms with Gasteiger partial charge in [-0.2, -0.15) is 0 Å². The number of hydrogen-bond donors (Lipinski definition) is 3. The number of hydrogen-bond acceptors (Lipinski definition) is 8. The lowest BCUT2D eigenvalue weighted by Crippen LogP contribution is -2.59. The van der Waals surface area contributed by atoms with Crippen molar-refractivity contribution in [2.45, 2.75) is 50.5 Å². The topological polar surface area (TPSA) is 163 Å². The Morgan fingerprint density at radius 1 is 1.10 bits per heavy atom. The molecule has 3 heterocycles. The van der Waals surface area contributed by atoms with E-state index in [0.29, 0.717) is 5.76 Å². The summed E-state index contributed by atoms with van der Waals surface area (Å²) in [5.41, 5.74) is 0.803. The van der Waals surface area contributed by atoms with Gasteiger partial charge in [0, 0.05) is 45.5 Å². The van der Waals surface area contributed by atoms with Crippen LogP contribution in [0.1, 0.15) is 24.7 Å². The van der Waals surface area contributed by atoms with Gasteiger partial charge in [0.1, 0.15) is 17.8 Å². The second kappa shape index (κ2) is 13.6. The quantitative estimate of drug-likeness (QED) is 0.428. The lowest BCUT2D eigenvalue weighted by Gasteiger charge is -2.38. The molecule has 0 unspecified atom stereocenters. The Kier molecular flexibility index (Phi) is 9.95. The molecule has 0 radical (unpaired) electrons. The third-order valence-corrected chi connectivity index (χ3v) is 7.03. The molecular formula is C27H33ClN6O7. The Bertz CT molecular complexity index is 1270. The van der Waals surface area contributed by atoms with Crippen LogP contribution in [0, 0.1) is 0 Å². The molecule has 1 aromatic carbocycles. The van der Waals surface area contributed by atoms with Crippen LogP contribution >= 0.6 is 11.6 Å². The number of ether oxygens (including phenoxy) is 1. The molecule has 14 heteroatoms. The zero-order valence-corrected chi connectivity index (χ0v) is 23.6. The first-order valence-electron chi connectivity index (χ1n) is 13.3. The molecule has 2 saturated heterocycles. The van der Waals surface area contributed by atoms with E-state index in [2.05, 4.69) is 21.1 Å². The maximum Gasteiger partial charge on any atom is 0.251 e. The van der Waals surface area contributed by atoms with E-state index < -0.39 is 47.9 Å². The second-order valence-electron chi connectivity index (χ2n) is 10.1. The van der Waals surface area contributed by atoms with E-state index in [-0.39, 0.29) is 56.5 Å². The zero-order chi connectivity index (χ0) is 29.5. The monoisotopic (exact) mass is 588 g/mol. The Balaban J connectivity index is 1.56. The normalized spacial score (nSPS) is 24.6. The molecule has 3 N–H and O–H groups in total. The van der Waals surface area contributed by atoms with Gasteiger partial charge in [0.05, 0.1) is 19.2 Å². The number of rotatable bonds is 5. The average Bonchev–Trinajstić information content (AvgIpc) is 3.38. The predicted octanol–water partition coefficient (Wildman–Crippen LogP) is -0.323. The predicted molar refractivity (Wildman–Crippen MR) is 145 cm³/mol. The number of morpholine rings is 1. The summed E-state index contributed by atoms with van der Waals surface area (Å²) in [5.74, 6) is -1.89. The van der Waals surface area contributed by atoms with Crippen LogP contribution in [0.25, 0.3) is 0 Å². The summed E-state index contributed by atoms with van der Waals surface area (Å²) in [7, 11) is 1.45. The van der Waals surface area contributed by atoms with Gasteiger partial charge >= 0.3 is 0 Å². The van der Waals surface area contributed by atoms with Crippen molar-refractivity contribution in [1.82, 2.24) is 30.9 Å². The van der Waals surface area contributed by atoms with Gasteiger partial charge in [0.25, 0.3) is 5.91 Å². The van der Waals surface area contributed by atoms with Crippen molar-refractivity contribution >= 4 is 41.1 Å². The SMILES string of the molecule is C[C@H]1NC(=O)CN(C)C(=O)[C@@H](Cc2ccccc2)NC(=O)[C@H]2CN(C(=O)CCc3cc(Cl)no3)C[C@H](CNC1=O)O2. The van der Waals surface area contributed by atoms with E-state index in [0.717, 1.165) is 5.56 Å². The van der Waals surface area contributed by atoms with Crippen LogP contribution in [0.3, 0.4) is 0 Å². The molecule has 0 spiro atoms. The summed E-state index contributed by atoms with van der Waals surface area (Å²) < 4.78 is 11.1. The summed E-state index contributed by atoms with van der Waals surface area (Å²) >= 11 is 5.79. The number of nitrogens with one attached hydrogen (secondary N) is 3. The van der Waals surface area contributed by atoms with Crippen molar-refractivity contribution in [3.8, 4) is 0 Å². The molecule has 5 amide bonds. The first kappa shape index (κ1) is 30.0. The van der Waals surface area contributed by atoms with Gasteiger partial charge in [-0.05, 0) is 12.5 Å². The highest BCUT2D eigenvalue weighted by Crippen LogP contribution is 2.17. The van der Waals surface area contributed by atoms with Crippen LogP contribution < -0.4 is 16.0 Å². The first-order valence-corrected chi connectivity index (χ1v) is 13.7. The van der Waals surface area contributed by atoms with E-state index in [1.54, 1.807) is 0 Å². The molecule has 4 atom stereocenters. The fourth-order valence-electron chi connectivity index (χ4n) is 4.69. The number of carbonyl (C=O) groups excluding carboxylic acids is 5. The number of fused-ring (bicyclic) bond motifs is 2. The number of benzene rings is 1. The molecule has 4 rings (SSSR count). The maximum atomic E-state index is 13.5. The smallest absolute Gasteiger partial charge is 0.251 e. The lowest BCUT2D eigenvalue weighted by atomic mass is 10.0. The van der Waals surface area contributed by atoms with Crippen LogP contribution in [0.2, 0.25) is 5.15 Å².